The van der Waals surface area contributed by atoms with Crippen molar-refractivity contribution in [2.75, 3.05) is 32.7 Å². The van der Waals surface area contributed by atoms with Gasteiger partial charge in [-0.05, 0) is 24.3 Å². The Hall–Kier alpha value is -0.910. The Kier molecular flexibility index (Phi) is 5.27. The number of carbonyl (C=O) groups excluding carboxylic acids is 1. The summed E-state index contributed by atoms with van der Waals surface area (Å²) in [6, 6.07) is 4.76. The number of amides is 1. The maximum Gasteiger partial charge on any atom is 0.234 e. The molecule has 0 atom stereocenters. The van der Waals surface area contributed by atoms with E-state index in [2.05, 4.69) is 32.6 Å². The normalized spacial score (nSPS) is 21.7. The smallest absolute Gasteiger partial charge is 0.234 e. The van der Waals surface area contributed by atoms with Crippen molar-refractivity contribution in [3.05, 3.63) is 22.4 Å². The molecule has 21 heavy (non-hydrogen) atoms. The molecule has 4 nitrogen and oxygen atoms in total. The van der Waals surface area contributed by atoms with Gasteiger partial charge in [0.05, 0.1) is 6.54 Å². The lowest BCUT2D eigenvalue weighted by atomic mass is 10.2. The van der Waals surface area contributed by atoms with Crippen LogP contribution in [-0.2, 0) is 11.3 Å². The van der Waals surface area contributed by atoms with Gasteiger partial charge in [-0.1, -0.05) is 18.9 Å². The Morgan fingerprint density at radius 1 is 1.19 bits per heavy atom. The van der Waals surface area contributed by atoms with Gasteiger partial charge in [-0.25, -0.2) is 0 Å². The molecule has 1 N–H and O–H groups in total. The summed E-state index contributed by atoms with van der Waals surface area (Å²) in [5, 5.41) is 5.32. The van der Waals surface area contributed by atoms with E-state index in [0.29, 0.717) is 12.6 Å². The zero-order valence-electron chi connectivity index (χ0n) is 12.6. The van der Waals surface area contributed by atoms with Gasteiger partial charge >= 0.3 is 0 Å². The molecule has 1 aliphatic heterocycles. The molecule has 1 aromatic heterocycles. The van der Waals surface area contributed by atoms with Crippen molar-refractivity contribution < 1.29 is 4.79 Å². The second-order valence-corrected chi connectivity index (χ2v) is 7.21. The number of nitrogens with one attached hydrogen (secondary N) is 1. The topological polar surface area (TPSA) is 35.6 Å². The molecule has 1 aliphatic carbocycles. The van der Waals surface area contributed by atoms with Crippen molar-refractivity contribution in [3.8, 4) is 0 Å². The summed E-state index contributed by atoms with van der Waals surface area (Å²) < 4.78 is 0. The first-order valence-electron chi connectivity index (χ1n) is 8.06. The fourth-order valence-electron chi connectivity index (χ4n) is 3.28. The standard InChI is InChI=1S/C16H25N3OS/c20-16(17-14-4-1-2-5-14)13-19-9-7-18(8-10-19)12-15-6-3-11-21-15/h3,6,11,14H,1-2,4-5,7-10,12-13H2,(H,17,20). The monoisotopic (exact) mass is 307 g/mol. The zero-order chi connectivity index (χ0) is 14.5. The van der Waals surface area contributed by atoms with Gasteiger partial charge < -0.3 is 5.32 Å². The van der Waals surface area contributed by atoms with Crippen LogP contribution in [0.5, 0.6) is 0 Å². The fraction of sp³-hybridized carbons (Fsp3) is 0.688. The maximum absolute atomic E-state index is 12.0. The highest BCUT2D eigenvalue weighted by molar-refractivity contribution is 7.09. The molecule has 0 bridgehead atoms. The van der Waals surface area contributed by atoms with Crippen LogP contribution < -0.4 is 5.32 Å². The van der Waals surface area contributed by atoms with E-state index >= 15 is 0 Å². The molecule has 0 aromatic carbocycles. The van der Waals surface area contributed by atoms with Crippen molar-refractivity contribution in [1.29, 1.82) is 0 Å². The minimum Gasteiger partial charge on any atom is -0.352 e. The molecular formula is C16H25N3OS. The Balaban J connectivity index is 1.36. The van der Waals surface area contributed by atoms with Crippen LogP contribution in [0.15, 0.2) is 17.5 Å². The molecule has 2 heterocycles. The molecule has 1 amide bonds. The van der Waals surface area contributed by atoms with Crippen molar-refractivity contribution >= 4 is 17.2 Å². The van der Waals surface area contributed by atoms with Crippen LogP contribution in [0.25, 0.3) is 0 Å². The van der Waals surface area contributed by atoms with E-state index in [4.69, 9.17) is 0 Å². The molecule has 2 fully saturated rings. The van der Waals surface area contributed by atoms with E-state index in [1.807, 2.05) is 11.3 Å². The first-order valence-corrected chi connectivity index (χ1v) is 8.94. The Morgan fingerprint density at radius 3 is 2.57 bits per heavy atom. The van der Waals surface area contributed by atoms with E-state index in [0.717, 1.165) is 32.7 Å². The van der Waals surface area contributed by atoms with Crippen molar-refractivity contribution in [2.45, 2.75) is 38.3 Å². The summed E-state index contributed by atoms with van der Waals surface area (Å²) >= 11 is 1.83. The number of carbonyl (C=O) groups is 1. The Bertz CT molecular complexity index is 434. The van der Waals surface area contributed by atoms with E-state index in [-0.39, 0.29) is 5.91 Å². The number of hydrogen-bond donors (Lipinski definition) is 1. The highest BCUT2D eigenvalue weighted by Gasteiger charge is 2.21. The van der Waals surface area contributed by atoms with Gasteiger partial charge in [-0.3, -0.25) is 14.6 Å². The molecule has 1 aromatic rings. The van der Waals surface area contributed by atoms with Gasteiger partial charge in [0.25, 0.3) is 0 Å². The minimum absolute atomic E-state index is 0.216. The van der Waals surface area contributed by atoms with E-state index in [1.54, 1.807) is 0 Å². The van der Waals surface area contributed by atoms with Gasteiger partial charge in [0, 0.05) is 43.6 Å². The second-order valence-electron chi connectivity index (χ2n) is 6.18. The summed E-state index contributed by atoms with van der Waals surface area (Å²) in [6.45, 7) is 5.76. The van der Waals surface area contributed by atoms with E-state index in [9.17, 15) is 4.79 Å². The molecule has 1 saturated carbocycles. The number of nitrogens with zero attached hydrogens (tertiary/aromatic N) is 2. The maximum atomic E-state index is 12.0. The third kappa shape index (κ3) is 4.53. The lowest BCUT2D eigenvalue weighted by Gasteiger charge is -2.34. The van der Waals surface area contributed by atoms with Crippen LogP contribution >= 0.6 is 11.3 Å². The van der Waals surface area contributed by atoms with Gasteiger partial charge in [0.1, 0.15) is 0 Å². The third-order valence-electron chi connectivity index (χ3n) is 4.51. The van der Waals surface area contributed by atoms with Gasteiger partial charge in [0.15, 0.2) is 0 Å². The average molecular weight is 307 g/mol. The Labute approximate surface area is 131 Å². The summed E-state index contributed by atoms with van der Waals surface area (Å²) in [7, 11) is 0. The molecule has 0 unspecified atom stereocenters. The summed E-state index contributed by atoms with van der Waals surface area (Å²) in [4.78, 5) is 18.2. The zero-order valence-corrected chi connectivity index (χ0v) is 13.4. The van der Waals surface area contributed by atoms with Crippen LogP contribution in [0.3, 0.4) is 0 Å². The molecular weight excluding hydrogens is 282 g/mol. The molecule has 3 rings (SSSR count). The second kappa shape index (κ2) is 7.38. The SMILES string of the molecule is O=C(CN1CCN(Cc2cccs2)CC1)NC1CCCC1. The van der Waals surface area contributed by atoms with Crippen LogP contribution in [0.4, 0.5) is 0 Å². The Morgan fingerprint density at radius 2 is 1.90 bits per heavy atom. The summed E-state index contributed by atoms with van der Waals surface area (Å²) in [6.07, 6.45) is 4.87. The van der Waals surface area contributed by atoms with Crippen molar-refractivity contribution in [2.24, 2.45) is 0 Å². The van der Waals surface area contributed by atoms with Crippen molar-refractivity contribution in [3.63, 3.8) is 0 Å². The fourth-order valence-corrected chi connectivity index (χ4v) is 4.02. The first-order chi connectivity index (χ1) is 10.3. The van der Waals surface area contributed by atoms with Gasteiger partial charge in [-0.15, -0.1) is 11.3 Å². The number of rotatable bonds is 5. The first kappa shape index (κ1) is 15.0. The van der Waals surface area contributed by atoms with Gasteiger partial charge in [0.2, 0.25) is 5.91 Å². The molecule has 1 saturated heterocycles. The quantitative estimate of drug-likeness (QED) is 0.903. The molecule has 0 radical (unpaired) electrons. The van der Waals surface area contributed by atoms with E-state index in [1.165, 1.54) is 30.6 Å². The highest BCUT2D eigenvalue weighted by Crippen LogP contribution is 2.17. The van der Waals surface area contributed by atoms with Crippen LogP contribution in [0, 0.1) is 0 Å². The average Bonchev–Trinajstić information content (AvgIpc) is 3.14. The molecule has 0 spiro atoms. The summed E-state index contributed by atoms with van der Waals surface area (Å²) in [5.74, 6) is 0.216. The summed E-state index contributed by atoms with van der Waals surface area (Å²) in [5.41, 5.74) is 0. The number of hydrogen-bond acceptors (Lipinski definition) is 4. The van der Waals surface area contributed by atoms with Crippen LogP contribution in [-0.4, -0.2) is 54.5 Å². The van der Waals surface area contributed by atoms with Gasteiger partial charge in [-0.2, -0.15) is 0 Å². The van der Waals surface area contributed by atoms with E-state index < -0.39 is 0 Å². The lowest BCUT2D eigenvalue weighted by Crippen LogP contribution is -2.49. The third-order valence-corrected chi connectivity index (χ3v) is 5.37. The largest absolute Gasteiger partial charge is 0.352 e. The number of thiophene rings is 1. The van der Waals surface area contributed by atoms with Crippen LogP contribution in [0.2, 0.25) is 0 Å². The molecule has 2 aliphatic rings. The molecule has 116 valence electrons. The predicted octanol–water partition coefficient (Wildman–Crippen LogP) is 1.92. The lowest BCUT2D eigenvalue weighted by molar-refractivity contribution is -0.123. The predicted molar refractivity (Wildman–Crippen MR) is 86.4 cm³/mol. The number of piperazine rings is 1. The highest BCUT2D eigenvalue weighted by atomic mass is 32.1. The van der Waals surface area contributed by atoms with Crippen LogP contribution in [0.1, 0.15) is 30.6 Å². The molecule has 5 heteroatoms. The van der Waals surface area contributed by atoms with Crippen molar-refractivity contribution in [1.82, 2.24) is 15.1 Å². The minimum atomic E-state index is 0.216.